The summed E-state index contributed by atoms with van der Waals surface area (Å²) < 4.78 is 0. The van der Waals surface area contributed by atoms with E-state index in [1.807, 2.05) is 12.1 Å². The number of rotatable bonds is 8. The Balaban J connectivity index is 1.83. The molecule has 0 radical (unpaired) electrons. The van der Waals surface area contributed by atoms with E-state index in [0.717, 1.165) is 4.90 Å². The zero-order valence-corrected chi connectivity index (χ0v) is 20.5. The highest BCUT2D eigenvalue weighted by molar-refractivity contribution is 7.99. The van der Waals surface area contributed by atoms with Crippen molar-refractivity contribution in [3.63, 3.8) is 0 Å². The zero-order chi connectivity index (χ0) is 25.7. The van der Waals surface area contributed by atoms with Gasteiger partial charge in [-0.3, -0.25) is 19.2 Å². The van der Waals surface area contributed by atoms with Crippen molar-refractivity contribution in [2.45, 2.75) is 44.2 Å². The van der Waals surface area contributed by atoms with Crippen LogP contribution in [0.5, 0.6) is 5.75 Å². The second-order valence-corrected chi connectivity index (χ2v) is 9.47. The molecule has 2 aromatic carbocycles. The molecule has 0 aromatic heterocycles. The fourth-order valence-corrected chi connectivity index (χ4v) is 4.86. The molecule has 0 saturated carbocycles. The molecule has 3 rings (SSSR count). The van der Waals surface area contributed by atoms with Crippen molar-refractivity contribution in [1.29, 1.82) is 0 Å². The minimum absolute atomic E-state index is 0.105. The van der Waals surface area contributed by atoms with Gasteiger partial charge in [-0.05, 0) is 56.2 Å². The summed E-state index contributed by atoms with van der Waals surface area (Å²) in [7, 11) is 0. The predicted octanol–water partition coefficient (Wildman–Crippen LogP) is 1.91. The molecule has 1 aliphatic rings. The zero-order valence-electron chi connectivity index (χ0n) is 19.7. The predicted molar refractivity (Wildman–Crippen MR) is 132 cm³/mol. The molecule has 2 aromatic rings. The number of benzene rings is 2. The van der Waals surface area contributed by atoms with Crippen LogP contribution >= 0.6 is 11.8 Å². The first-order chi connectivity index (χ1) is 16.6. The summed E-state index contributed by atoms with van der Waals surface area (Å²) in [6.45, 7) is 4.30. The smallest absolute Gasteiger partial charge is 0.251 e. The number of hydrogen-bond acceptors (Lipinski definition) is 7. The molecule has 184 valence electrons. The maximum absolute atomic E-state index is 13.5. The largest absolute Gasteiger partial charge is 0.507 e. The number of amides is 3. The van der Waals surface area contributed by atoms with E-state index in [1.165, 1.54) is 23.6 Å². The standard InChI is InChI=1S/C25H27N3O6S/c1-14-8-17(9-15(2)23(14)32)24(33)27-19-13-35-21-7-5-4-6-20(21)28(25(19)34)11-22(31)26-18(12-29)10-16(3)30/h4-9,12,18-19,32H,10-11,13H2,1-3H3,(H,26,31)(H,27,33)/t18-,19-/m0/s1. The van der Waals surface area contributed by atoms with Crippen LogP contribution in [0.2, 0.25) is 0 Å². The van der Waals surface area contributed by atoms with Gasteiger partial charge in [-0.2, -0.15) is 0 Å². The van der Waals surface area contributed by atoms with Gasteiger partial charge in [-0.15, -0.1) is 11.8 Å². The van der Waals surface area contributed by atoms with Crippen LogP contribution in [0.3, 0.4) is 0 Å². The average Bonchev–Trinajstić information content (AvgIpc) is 2.93. The maximum Gasteiger partial charge on any atom is 0.251 e. The number of nitrogens with zero attached hydrogens (tertiary/aromatic N) is 1. The van der Waals surface area contributed by atoms with Gasteiger partial charge in [-0.1, -0.05) is 12.1 Å². The molecule has 0 aliphatic carbocycles. The van der Waals surface area contributed by atoms with E-state index in [4.69, 9.17) is 0 Å². The van der Waals surface area contributed by atoms with E-state index in [-0.39, 0.29) is 30.3 Å². The van der Waals surface area contributed by atoms with Gasteiger partial charge in [0.2, 0.25) is 5.91 Å². The number of phenolic OH excluding ortho intramolecular Hbond substituents is 1. The molecule has 3 N–H and O–H groups in total. The summed E-state index contributed by atoms with van der Waals surface area (Å²) in [5, 5.41) is 15.2. The van der Waals surface area contributed by atoms with Crippen LogP contribution in [0.4, 0.5) is 5.69 Å². The third kappa shape index (κ3) is 6.27. The van der Waals surface area contributed by atoms with Gasteiger partial charge >= 0.3 is 0 Å². The van der Waals surface area contributed by atoms with Gasteiger partial charge in [0.05, 0.1) is 11.7 Å². The molecule has 3 amide bonds. The minimum atomic E-state index is -0.983. The topological polar surface area (TPSA) is 133 Å². The Hall–Kier alpha value is -3.66. The van der Waals surface area contributed by atoms with E-state index in [2.05, 4.69) is 10.6 Å². The first-order valence-electron chi connectivity index (χ1n) is 11.0. The Labute approximate surface area is 207 Å². The van der Waals surface area contributed by atoms with Crippen molar-refractivity contribution in [3.8, 4) is 5.75 Å². The number of ketones is 1. The molecule has 0 fully saturated rings. The highest BCUT2D eigenvalue weighted by Gasteiger charge is 2.33. The molecular formula is C25H27N3O6S. The van der Waals surface area contributed by atoms with Crippen molar-refractivity contribution in [2.24, 2.45) is 0 Å². The van der Waals surface area contributed by atoms with E-state index in [1.54, 1.807) is 38.1 Å². The number of phenols is 1. The molecule has 0 unspecified atom stereocenters. The van der Waals surface area contributed by atoms with Gasteiger partial charge in [0, 0.05) is 22.6 Å². The van der Waals surface area contributed by atoms with Crippen molar-refractivity contribution >= 4 is 47.2 Å². The van der Waals surface area contributed by atoms with E-state index < -0.39 is 29.8 Å². The fraction of sp³-hybridized carbons (Fsp3) is 0.320. The first-order valence-corrected chi connectivity index (χ1v) is 12.0. The monoisotopic (exact) mass is 497 g/mol. The van der Waals surface area contributed by atoms with Crippen molar-refractivity contribution in [2.75, 3.05) is 17.2 Å². The Morgan fingerprint density at radius 1 is 1.20 bits per heavy atom. The molecule has 0 saturated heterocycles. The summed E-state index contributed by atoms with van der Waals surface area (Å²) in [6.07, 6.45) is 0.345. The lowest BCUT2D eigenvalue weighted by molar-refractivity contribution is -0.126. The quantitative estimate of drug-likeness (QED) is 0.475. The molecular weight excluding hydrogens is 470 g/mol. The molecule has 1 heterocycles. The fourth-order valence-electron chi connectivity index (χ4n) is 3.79. The summed E-state index contributed by atoms with van der Waals surface area (Å²) in [4.78, 5) is 63.8. The third-order valence-electron chi connectivity index (χ3n) is 5.50. The summed E-state index contributed by atoms with van der Waals surface area (Å²) in [5.41, 5.74) is 1.90. The minimum Gasteiger partial charge on any atom is -0.507 e. The van der Waals surface area contributed by atoms with Crippen LogP contribution in [0.25, 0.3) is 0 Å². The van der Waals surface area contributed by atoms with Crippen LogP contribution in [0.15, 0.2) is 41.3 Å². The number of carbonyl (C=O) groups excluding carboxylic acids is 5. The number of aryl methyl sites for hydroxylation is 2. The maximum atomic E-state index is 13.5. The molecule has 9 nitrogen and oxygen atoms in total. The number of hydrogen-bond donors (Lipinski definition) is 3. The lowest BCUT2D eigenvalue weighted by Gasteiger charge is -2.26. The molecule has 1 aliphatic heterocycles. The molecule has 10 heteroatoms. The second kappa shape index (κ2) is 11.2. The summed E-state index contributed by atoms with van der Waals surface area (Å²) in [5.74, 6) is -1.46. The molecule has 0 spiro atoms. The van der Waals surface area contributed by atoms with Gasteiger partial charge in [0.25, 0.3) is 11.8 Å². The van der Waals surface area contributed by atoms with E-state index >= 15 is 0 Å². The lowest BCUT2D eigenvalue weighted by Crippen LogP contribution is -2.52. The van der Waals surface area contributed by atoms with Crippen LogP contribution in [-0.4, -0.2) is 59.3 Å². The number of fused-ring (bicyclic) bond motifs is 1. The number of para-hydroxylation sites is 1. The van der Waals surface area contributed by atoms with Gasteiger partial charge in [0.1, 0.15) is 30.4 Å². The molecule has 35 heavy (non-hydrogen) atoms. The van der Waals surface area contributed by atoms with Crippen LogP contribution in [-0.2, 0) is 19.2 Å². The van der Waals surface area contributed by atoms with Crippen LogP contribution in [0, 0.1) is 13.8 Å². The summed E-state index contributed by atoms with van der Waals surface area (Å²) >= 11 is 1.38. The number of thioether (sulfide) groups is 1. The van der Waals surface area contributed by atoms with Crippen LogP contribution < -0.4 is 15.5 Å². The third-order valence-corrected chi connectivity index (χ3v) is 6.66. The molecule has 0 bridgehead atoms. The van der Waals surface area contributed by atoms with E-state index in [0.29, 0.717) is 28.7 Å². The first kappa shape index (κ1) is 26.0. The van der Waals surface area contributed by atoms with Crippen molar-refractivity contribution in [3.05, 3.63) is 53.1 Å². The number of carbonyl (C=O) groups is 5. The van der Waals surface area contributed by atoms with Gasteiger partial charge in [-0.25, -0.2) is 0 Å². The molecule has 2 atom stereocenters. The number of nitrogens with one attached hydrogen (secondary N) is 2. The Morgan fingerprint density at radius 2 is 1.86 bits per heavy atom. The Morgan fingerprint density at radius 3 is 2.49 bits per heavy atom. The van der Waals surface area contributed by atoms with Crippen LogP contribution in [0.1, 0.15) is 34.8 Å². The lowest BCUT2D eigenvalue weighted by atomic mass is 10.0. The second-order valence-electron chi connectivity index (χ2n) is 8.40. The van der Waals surface area contributed by atoms with Gasteiger partial charge in [0.15, 0.2) is 0 Å². The van der Waals surface area contributed by atoms with Crippen molar-refractivity contribution < 1.29 is 29.1 Å². The number of aromatic hydroxyl groups is 1. The normalized spacial score (nSPS) is 16.0. The average molecular weight is 498 g/mol. The highest BCUT2D eigenvalue weighted by Crippen LogP contribution is 2.34. The highest BCUT2D eigenvalue weighted by atomic mass is 32.2. The summed E-state index contributed by atoms with van der Waals surface area (Å²) in [6, 6.07) is 8.24. The Kier molecular flexibility index (Phi) is 8.29. The SMILES string of the molecule is CC(=O)C[C@@H](C=O)NC(=O)CN1C(=O)[C@@H](NC(=O)c2cc(C)c(O)c(C)c2)CSc2ccccc21. The number of anilines is 1. The number of aldehydes is 1. The van der Waals surface area contributed by atoms with E-state index in [9.17, 15) is 29.1 Å². The number of Topliss-reactive ketones (excluding diaryl/α,β-unsaturated/α-hetero) is 1. The Bertz CT molecular complexity index is 1160. The van der Waals surface area contributed by atoms with Crippen molar-refractivity contribution in [1.82, 2.24) is 10.6 Å². The van der Waals surface area contributed by atoms with Gasteiger partial charge < -0.3 is 25.4 Å².